The molecular weight excluding hydrogens is 288 g/mol. The van der Waals surface area contributed by atoms with Crippen LogP contribution in [0, 0.1) is 0 Å². The second kappa shape index (κ2) is 6.20. The minimum atomic E-state index is 0.0359. The van der Waals surface area contributed by atoms with Gasteiger partial charge in [0.05, 0.1) is 10.6 Å². The van der Waals surface area contributed by atoms with Gasteiger partial charge in [0.2, 0.25) is 0 Å². The molecule has 0 radical (unpaired) electrons. The molecule has 2 fully saturated rings. The normalized spacial score (nSPS) is 22.8. The Balaban J connectivity index is 1.67. The number of anilines is 1. The van der Waals surface area contributed by atoms with Gasteiger partial charge < -0.3 is 10.2 Å². The molecule has 1 aromatic heterocycles. The fourth-order valence-corrected chi connectivity index (χ4v) is 3.51. The third-order valence-corrected chi connectivity index (χ3v) is 4.72. The molecule has 2 saturated heterocycles. The lowest BCUT2D eigenvalue weighted by Gasteiger charge is -2.23. The zero-order chi connectivity index (χ0) is 14.8. The summed E-state index contributed by atoms with van der Waals surface area (Å²) >= 11 is 6.11. The first-order valence-corrected chi connectivity index (χ1v) is 7.93. The largest absolute Gasteiger partial charge is 0.372 e. The van der Waals surface area contributed by atoms with Crippen LogP contribution in [0.25, 0.3) is 0 Å². The molecule has 21 heavy (non-hydrogen) atoms. The number of carbonyl (C=O) groups is 1. The highest BCUT2D eigenvalue weighted by Crippen LogP contribution is 2.24. The maximum Gasteiger partial charge on any atom is 0.255 e. The zero-order valence-corrected chi connectivity index (χ0v) is 13.1. The van der Waals surface area contributed by atoms with E-state index < -0.39 is 0 Å². The standard InChI is InChI=1S/C15H21ClN4O/c1-17-14-13(16)8-11(9-18-14)15(21)20-7-4-12(10-20)19-5-2-3-6-19/h8-9,12H,2-7,10H2,1H3,(H,17,18). The number of hydrogen-bond acceptors (Lipinski definition) is 4. The molecule has 6 heteroatoms. The molecule has 1 amide bonds. The van der Waals surface area contributed by atoms with Crippen LogP contribution in [0.3, 0.4) is 0 Å². The summed E-state index contributed by atoms with van der Waals surface area (Å²) in [5.74, 6) is 0.637. The number of hydrogen-bond donors (Lipinski definition) is 1. The summed E-state index contributed by atoms with van der Waals surface area (Å²) < 4.78 is 0. The summed E-state index contributed by atoms with van der Waals surface area (Å²) in [5, 5.41) is 3.39. The third kappa shape index (κ3) is 2.99. The van der Waals surface area contributed by atoms with Crippen molar-refractivity contribution in [3.05, 3.63) is 22.8 Å². The fraction of sp³-hybridized carbons (Fsp3) is 0.600. The second-order valence-electron chi connectivity index (χ2n) is 5.74. The van der Waals surface area contributed by atoms with E-state index in [0.717, 1.165) is 19.5 Å². The maximum absolute atomic E-state index is 12.5. The van der Waals surface area contributed by atoms with Crippen molar-refractivity contribution in [2.75, 3.05) is 38.5 Å². The molecular formula is C15H21ClN4O. The molecule has 1 unspecified atom stereocenters. The van der Waals surface area contributed by atoms with Crippen molar-refractivity contribution in [3.63, 3.8) is 0 Å². The van der Waals surface area contributed by atoms with Gasteiger partial charge in [0.1, 0.15) is 5.82 Å². The molecule has 5 nitrogen and oxygen atoms in total. The van der Waals surface area contributed by atoms with Crippen molar-refractivity contribution in [3.8, 4) is 0 Å². The lowest BCUT2D eigenvalue weighted by Crippen LogP contribution is -2.37. The molecule has 1 atom stereocenters. The Morgan fingerprint density at radius 1 is 1.38 bits per heavy atom. The SMILES string of the molecule is CNc1ncc(C(=O)N2CCC(N3CCCC3)C2)cc1Cl. The highest BCUT2D eigenvalue weighted by molar-refractivity contribution is 6.33. The predicted octanol–water partition coefficient (Wildman–Crippen LogP) is 2.09. The number of amides is 1. The second-order valence-corrected chi connectivity index (χ2v) is 6.15. The van der Waals surface area contributed by atoms with Gasteiger partial charge in [0.15, 0.2) is 0 Å². The summed E-state index contributed by atoms with van der Waals surface area (Å²) in [4.78, 5) is 21.2. The van der Waals surface area contributed by atoms with Crippen LogP contribution in [0.5, 0.6) is 0 Å². The van der Waals surface area contributed by atoms with Crippen molar-refractivity contribution >= 4 is 23.3 Å². The number of likely N-dealkylation sites (tertiary alicyclic amines) is 2. The predicted molar refractivity (Wildman–Crippen MR) is 83.9 cm³/mol. The Hall–Kier alpha value is -1.33. The van der Waals surface area contributed by atoms with Crippen molar-refractivity contribution in [1.82, 2.24) is 14.8 Å². The van der Waals surface area contributed by atoms with Crippen molar-refractivity contribution in [1.29, 1.82) is 0 Å². The van der Waals surface area contributed by atoms with Crippen LogP contribution in [0.15, 0.2) is 12.3 Å². The smallest absolute Gasteiger partial charge is 0.255 e. The van der Waals surface area contributed by atoms with E-state index in [1.165, 1.54) is 25.9 Å². The first-order valence-electron chi connectivity index (χ1n) is 7.55. The number of rotatable bonds is 3. The average Bonchev–Trinajstić information content (AvgIpc) is 3.17. The Labute approximate surface area is 130 Å². The van der Waals surface area contributed by atoms with Crippen LogP contribution in [0.1, 0.15) is 29.6 Å². The zero-order valence-electron chi connectivity index (χ0n) is 12.3. The van der Waals surface area contributed by atoms with Crippen LogP contribution < -0.4 is 5.32 Å². The molecule has 3 heterocycles. The summed E-state index contributed by atoms with van der Waals surface area (Å²) in [5.41, 5.74) is 0.570. The van der Waals surface area contributed by atoms with E-state index in [9.17, 15) is 4.79 Å². The molecule has 2 aliphatic heterocycles. The summed E-state index contributed by atoms with van der Waals surface area (Å²) in [6, 6.07) is 2.22. The van der Waals surface area contributed by atoms with Gasteiger partial charge >= 0.3 is 0 Å². The van der Waals surface area contributed by atoms with E-state index in [1.807, 2.05) is 4.90 Å². The minimum absolute atomic E-state index is 0.0359. The molecule has 1 N–H and O–H groups in total. The van der Waals surface area contributed by atoms with Gasteiger partial charge in [-0.25, -0.2) is 4.98 Å². The summed E-state index contributed by atoms with van der Waals surface area (Å²) in [6.45, 7) is 4.00. The van der Waals surface area contributed by atoms with Gasteiger partial charge in [-0.2, -0.15) is 0 Å². The van der Waals surface area contributed by atoms with Crippen molar-refractivity contribution < 1.29 is 4.79 Å². The molecule has 0 saturated carbocycles. The molecule has 114 valence electrons. The lowest BCUT2D eigenvalue weighted by molar-refractivity contribution is 0.0779. The van der Waals surface area contributed by atoms with E-state index >= 15 is 0 Å². The Morgan fingerprint density at radius 3 is 2.81 bits per heavy atom. The molecule has 3 rings (SSSR count). The van der Waals surface area contributed by atoms with Crippen LogP contribution in [-0.2, 0) is 0 Å². The Kier molecular flexibility index (Phi) is 4.31. The number of nitrogens with one attached hydrogen (secondary N) is 1. The van der Waals surface area contributed by atoms with Crippen LogP contribution in [0.4, 0.5) is 5.82 Å². The monoisotopic (exact) mass is 308 g/mol. The van der Waals surface area contributed by atoms with Crippen molar-refractivity contribution in [2.45, 2.75) is 25.3 Å². The number of nitrogens with zero attached hydrogens (tertiary/aromatic N) is 3. The van der Waals surface area contributed by atoms with Crippen LogP contribution >= 0.6 is 11.6 Å². The van der Waals surface area contributed by atoms with E-state index in [2.05, 4.69) is 15.2 Å². The molecule has 0 aromatic carbocycles. The van der Waals surface area contributed by atoms with Crippen LogP contribution in [-0.4, -0.2) is 60.0 Å². The number of pyridine rings is 1. The topological polar surface area (TPSA) is 48.5 Å². The summed E-state index contributed by atoms with van der Waals surface area (Å²) in [6.07, 6.45) is 5.25. The van der Waals surface area contributed by atoms with Crippen molar-refractivity contribution in [2.24, 2.45) is 0 Å². The van der Waals surface area contributed by atoms with Gasteiger partial charge in [-0.3, -0.25) is 9.69 Å². The van der Waals surface area contributed by atoms with Gasteiger partial charge in [-0.1, -0.05) is 11.6 Å². The molecule has 0 bridgehead atoms. The Morgan fingerprint density at radius 2 is 2.14 bits per heavy atom. The lowest BCUT2D eigenvalue weighted by atomic mass is 10.2. The number of carbonyl (C=O) groups excluding carboxylic acids is 1. The van der Waals surface area contributed by atoms with Gasteiger partial charge in [-0.15, -0.1) is 0 Å². The first-order chi connectivity index (χ1) is 10.2. The molecule has 0 aliphatic carbocycles. The van der Waals surface area contributed by atoms with E-state index in [1.54, 1.807) is 19.3 Å². The van der Waals surface area contributed by atoms with E-state index in [0.29, 0.717) is 22.4 Å². The highest BCUT2D eigenvalue weighted by Gasteiger charge is 2.32. The average molecular weight is 309 g/mol. The Bertz CT molecular complexity index is 530. The number of halogens is 1. The molecule has 2 aliphatic rings. The summed E-state index contributed by atoms with van der Waals surface area (Å²) in [7, 11) is 1.76. The van der Waals surface area contributed by atoms with Gasteiger partial charge in [0.25, 0.3) is 5.91 Å². The molecule has 1 aromatic rings. The third-order valence-electron chi connectivity index (χ3n) is 4.43. The molecule has 0 spiro atoms. The van der Waals surface area contributed by atoms with E-state index in [4.69, 9.17) is 11.6 Å². The highest BCUT2D eigenvalue weighted by atomic mass is 35.5. The first kappa shape index (κ1) is 14.6. The van der Waals surface area contributed by atoms with Crippen LogP contribution in [0.2, 0.25) is 5.02 Å². The van der Waals surface area contributed by atoms with Gasteiger partial charge in [0, 0.05) is 32.4 Å². The fourth-order valence-electron chi connectivity index (χ4n) is 3.25. The maximum atomic E-state index is 12.5. The van der Waals surface area contributed by atoms with E-state index in [-0.39, 0.29) is 5.91 Å². The minimum Gasteiger partial charge on any atom is -0.372 e. The number of aromatic nitrogens is 1. The quantitative estimate of drug-likeness (QED) is 0.929. The van der Waals surface area contributed by atoms with Gasteiger partial charge in [-0.05, 0) is 38.4 Å².